The number of nitrogens with zero attached hydrogens (tertiary/aromatic N) is 3. The zero-order chi connectivity index (χ0) is 10.0. The second kappa shape index (κ2) is 3.71. The van der Waals surface area contributed by atoms with Crippen LogP contribution in [0, 0.1) is 10.1 Å². The van der Waals surface area contributed by atoms with Gasteiger partial charge in [0.15, 0.2) is 0 Å². The van der Waals surface area contributed by atoms with Crippen LogP contribution in [-0.2, 0) is 7.05 Å². The van der Waals surface area contributed by atoms with Crippen LogP contribution in [0.15, 0.2) is 6.20 Å². The van der Waals surface area contributed by atoms with Crippen LogP contribution in [0.2, 0.25) is 0 Å². The number of hydrogen-bond donors (Lipinski definition) is 1. The van der Waals surface area contributed by atoms with Gasteiger partial charge in [0.25, 0.3) is 0 Å². The molecule has 1 heterocycles. The van der Waals surface area contributed by atoms with Crippen molar-refractivity contribution in [1.29, 1.82) is 0 Å². The highest BCUT2D eigenvalue weighted by molar-refractivity contribution is 6.18. The van der Waals surface area contributed by atoms with E-state index >= 15 is 0 Å². The number of hydrogen-bond acceptors (Lipinski definition) is 4. The summed E-state index contributed by atoms with van der Waals surface area (Å²) in [6, 6.07) is 0. The molecule has 0 fully saturated rings. The number of alkyl halides is 1. The summed E-state index contributed by atoms with van der Waals surface area (Å²) in [4.78, 5) is 9.85. The lowest BCUT2D eigenvalue weighted by molar-refractivity contribution is -0.386. The largest absolute Gasteiger partial charge is 0.385 e. The average Bonchev–Trinajstić information content (AvgIpc) is 2.46. The van der Waals surface area contributed by atoms with Crippen molar-refractivity contribution in [1.82, 2.24) is 9.78 Å². The molecule has 1 unspecified atom stereocenters. The molecule has 1 rings (SSSR count). The Morgan fingerprint density at radius 1 is 1.92 bits per heavy atom. The molecule has 0 spiro atoms. The quantitative estimate of drug-likeness (QED) is 0.445. The minimum atomic E-state index is -1.06. The third-order valence-electron chi connectivity index (χ3n) is 1.62. The predicted molar refractivity (Wildman–Crippen MR) is 45.5 cm³/mol. The molecule has 0 aromatic carbocycles. The molecular formula is C6H8ClN3O3. The molecule has 1 aromatic rings. The second-order valence-electron chi connectivity index (χ2n) is 2.47. The lowest BCUT2D eigenvalue weighted by atomic mass is 10.2. The first-order chi connectivity index (χ1) is 6.07. The maximum absolute atomic E-state index is 10.5. The number of aryl methyl sites for hydroxylation is 1. The van der Waals surface area contributed by atoms with Crippen molar-refractivity contribution in [3.8, 4) is 0 Å². The van der Waals surface area contributed by atoms with E-state index in [2.05, 4.69) is 5.10 Å². The van der Waals surface area contributed by atoms with Gasteiger partial charge in [-0.05, 0) is 0 Å². The lowest BCUT2D eigenvalue weighted by Crippen LogP contribution is -2.08. The van der Waals surface area contributed by atoms with Gasteiger partial charge in [-0.2, -0.15) is 5.10 Å². The first-order valence-corrected chi connectivity index (χ1v) is 4.01. The van der Waals surface area contributed by atoms with Crippen LogP contribution in [0.1, 0.15) is 11.8 Å². The van der Waals surface area contributed by atoms with Crippen LogP contribution in [0.3, 0.4) is 0 Å². The first-order valence-electron chi connectivity index (χ1n) is 3.48. The van der Waals surface area contributed by atoms with E-state index in [1.54, 1.807) is 0 Å². The molecule has 0 radical (unpaired) electrons. The zero-order valence-corrected chi connectivity index (χ0v) is 7.60. The van der Waals surface area contributed by atoms with Crippen LogP contribution in [0.25, 0.3) is 0 Å². The topological polar surface area (TPSA) is 81.2 Å². The Labute approximate surface area is 78.9 Å². The molecule has 0 aliphatic carbocycles. The van der Waals surface area contributed by atoms with Crippen molar-refractivity contribution in [2.75, 3.05) is 5.88 Å². The van der Waals surface area contributed by atoms with Crippen molar-refractivity contribution in [2.45, 2.75) is 6.10 Å². The van der Waals surface area contributed by atoms with Gasteiger partial charge in [-0.25, -0.2) is 0 Å². The van der Waals surface area contributed by atoms with Crippen LogP contribution >= 0.6 is 11.6 Å². The maximum Gasteiger partial charge on any atom is 0.312 e. The molecule has 1 aromatic heterocycles. The Hall–Kier alpha value is -1.14. The van der Waals surface area contributed by atoms with E-state index in [1.165, 1.54) is 11.7 Å². The molecule has 7 heteroatoms. The van der Waals surface area contributed by atoms with E-state index in [1.807, 2.05) is 0 Å². The van der Waals surface area contributed by atoms with Crippen LogP contribution < -0.4 is 0 Å². The van der Waals surface area contributed by atoms with Crippen molar-refractivity contribution < 1.29 is 10.0 Å². The Morgan fingerprint density at radius 3 is 3.00 bits per heavy atom. The minimum absolute atomic E-state index is 0.0969. The maximum atomic E-state index is 10.5. The van der Waals surface area contributed by atoms with E-state index in [4.69, 9.17) is 11.6 Å². The van der Waals surface area contributed by atoms with Gasteiger partial charge in [-0.15, -0.1) is 11.6 Å². The monoisotopic (exact) mass is 205 g/mol. The molecule has 0 saturated heterocycles. The van der Waals surface area contributed by atoms with Gasteiger partial charge in [-0.1, -0.05) is 0 Å². The fourth-order valence-corrected chi connectivity index (χ4v) is 1.18. The third-order valence-corrected chi connectivity index (χ3v) is 1.92. The number of halogens is 1. The molecule has 0 aliphatic heterocycles. The van der Waals surface area contributed by atoms with E-state index in [0.29, 0.717) is 0 Å². The Kier molecular flexibility index (Phi) is 2.84. The zero-order valence-electron chi connectivity index (χ0n) is 6.85. The molecular weight excluding hydrogens is 198 g/mol. The number of aliphatic hydroxyl groups excluding tert-OH is 1. The summed E-state index contributed by atoms with van der Waals surface area (Å²) in [7, 11) is 1.51. The molecule has 0 aliphatic rings. The van der Waals surface area contributed by atoms with Crippen LogP contribution in [0.5, 0.6) is 0 Å². The lowest BCUT2D eigenvalue weighted by Gasteiger charge is -2.05. The Morgan fingerprint density at radius 2 is 2.54 bits per heavy atom. The van der Waals surface area contributed by atoms with Crippen molar-refractivity contribution in [3.05, 3.63) is 22.0 Å². The number of rotatable bonds is 3. The number of nitro groups is 1. The van der Waals surface area contributed by atoms with E-state index in [0.717, 1.165) is 6.20 Å². The molecule has 0 bridgehead atoms. The highest BCUT2D eigenvalue weighted by Crippen LogP contribution is 2.24. The van der Waals surface area contributed by atoms with Crippen molar-refractivity contribution in [2.24, 2.45) is 7.05 Å². The van der Waals surface area contributed by atoms with Crippen molar-refractivity contribution in [3.63, 3.8) is 0 Å². The van der Waals surface area contributed by atoms with Gasteiger partial charge in [0, 0.05) is 7.05 Å². The van der Waals surface area contributed by atoms with Gasteiger partial charge >= 0.3 is 5.69 Å². The molecule has 13 heavy (non-hydrogen) atoms. The summed E-state index contributed by atoms with van der Waals surface area (Å²) in [5, 5.41) is 23.4. The summed E-state index contributed by atoms with van der Waals surface area (Å²) in [6.45, 7) is 0. The van der Waals surface area contributed by atoms with Crippen LogP contribution in [-0.4, -0.2) is 25.7 Å². The van der Waals surface area contributed by atoms with Crippen LogP contribution in [0.4, 0.5) is 5.69 Å². The molecule has 0 amide bonds. The molecule has 72 valence electrons. The summed E-state index contributed by atoms with van der Waals surface area (Å²) in [5.74, 6) is -0.0969. The van der Waals surface area contributed by atoms with E-state index in [9.17, 15) is 15.2 Å². The Bertz CT molecular complexity index is 325. The summed E-state index contributed by atoms with van der Waals surface area (Å²) < 4.78 is 1.24. The van der Waals surface area contributed by atoms with Gasteiger partial charge in [0.1, 0.15) is 18.0 Å². The van der Waals surface area contributed by atoms with Gasteiger partial charge < -0.3 is 5.11 Å². The Balaban J connectivity index is 3.15. The first kappa shape index (κ1) is 9.94. The predicted octanol–water partition coefficient (Wildman–Crippen LogP) is 0.601. The molecule has 0 saturated carbocycles. The fraction of sp³-hybridized carbons (Fsp3) is 0.500. The summed E-state index contributed by atoms with van der Waals surface area (Å²) in [6.07, 6.45) is 0.0278. The summed E-state index contributed by atoms with van der Waals surface area (Å²) >= 11 is 5.38. The number of aromatic nitrogens is 2. The third kappa shape index (κ3) is 1.78. The van der Waals surface area contributed by atoms with E-state index < -0.39 is 11.0 Å². The highest BCUT2D eigenvalue weighted by atomic mass is 35.5. The van der Waals surface area contributed by atoms with E-state index in [-0.39, 0.29) is 17.3 Å². The average molecular weight is 206 g/mol. The summed E-state index contributed by atoms with van der Waals surface area (Å²) in [5.41, 5.74) is -0.0874. The minimum Gasteiger partial charge on any atom is -0.385 e. The van der Waals surface area contributed by atoms with Gasteiger partial charge in [-0.3, -0.25) is 14.8 Å². The highest BCUT2D eigenvalue weighted by Gasteiger charge is 2.24. The number of aliphatic hydroxyl groups is 1. The molecule has 6 nitrogen and oxygen atoms in total. The SMILES string of the molecule is Cn1ncc([N+](=O)[O-])c1C(O)CCl. The normalized spacial score (nSPS) is 12.8. The van der Waals surface area contributed by atoms with Gasteiger partial charge in [0.05, 0.1) is 10.8 Å². The molecule has 1 atom stereocenters. The standard InChI is InChI=1S/C6H8ClN3O3/c1-9-6(5(11)2-7)4(3-8-9)10(12)13/h3,5,11H,2H2,1H3. The second-order valence-corrected chi connectivity index (χ2v) is 2.77. The fourth-order valence-electron chi connectivity index (χ4n) is 1.04. The van der Waals surface area contributed by atoms with Gasteiger partial charge in [0.2, 0.25) is 0 Å². The smallest absolute Gasteiger partial charge is 0.312 e. The molecule has 1 N–H and O–H groups in total. The van der Waals surface area contributed by atoms with Crippen molar-refractivity contribution >= 4 is 17.3 Å².